The maximum atomic E-state index is 12.5. The predicted molar refractivity (Wildman–Crippen MR) is 84.2 cm³/mol. The average Bonchev–Trinajstić information content (AvgIpc) is 2.48. The lowest BCUT2D eigenvalue weighted by Gasteiger charge is -2.28. The summed E-state index contributed by atoms with van der Waals surface area (Å²) in [5.74, 6) is 0. The van der Waals surface area contributed by atoms with Crippen molar-refractivity contribution in [2.24, 2.45) is 0 Å². The van der Waals surface area contributed by atoms with E-state index in [9.17, 15) is 8.42 Å². The highest BCUT2D eigenvalue weighted by Crippen LogP contribution is 2.33. The molecule has 3 rings (SSSR count). The summed E-state index contributed by atoms with van der Waals surface area (Å²) in [6.07, 6.45) is 3.18. The number of anilines is 2. The Hall–Kier alpha value is -1.27. The van der Waals surface area contributed by atoms with Crippen molar-refractivity contribution in [1.82, 2.24) is 0 Å². The highest BCUT2D eigenvalue weighted by molar-refractivity contribution is 7.93. The van der Waals surface area contributed by atoms with E-state index in [-0.39, 0.29) is 5.25 Å². The Morgan fingerprint density at radius 2 is 2.00 bits per heavy atom. The number of para-hydroxylation sites is 1. The topological polar surface area (TPSA) is 67.4 Å². The fourth-order valence-corrected chi connectivity index (χ4v) is 4.43. The lowest BCUT2D eigenvalue weighted by molar-refractivity contribution is 0.0984. The predicted octanol–water partition coefficient (Wildman–Crippen LogP) is 2.35. The zero-order chi connectivity index (χ0) is 14.9. The van der Waals surface area contributed by atoms with Gasteiger partial charge in [0.15, 0.2) is 0 Å². The van der Waals surface area contributed by atoms with Crippen LogP contribution in [0.1, 0.15) is 31.7 Å². The molecule has 2 aliphatic heterocycles. The highest BCUT2D eigenvalue weighted by Gasteiger charge is 2.29. The maximum Gasteiger partial charge on any atom is 0.235 e. The van der Waals surface area contributed by atoms with E-state index in [2.05, 4.69) is 23.0 Å². The fraction of sp³-hybridized carbons (Fsp3) is 0.600. The van der Waals surface area contributed by atoms with Crippen molar-refractivity contribution in [1.29, 1.82) is 0 Å². The molecule has 0 aliphatic carbocycles. The van der Waals surface area contributed by atoms with E-state index in [1.807, 2.05) is 12.1 Å². The molecule has 0 bridgehead atoms. The number of aryl methyl sites for hydroxylation is 1. The van der Waals surface area contributed by atoms with E-state index in [0.717, 1.165) is 18.5 Å². The fourth-order valence-electron chi connectivity index (χ4n) is 2.98. The highest BCUT2D eigenvalue weighted by atomic mass is 32.2. The number of hydrogen-bond acceptors (Lipinski definition) is 4. The van der Waals surface area contributed by atoms with Gasteiger partial charge in [-0.1, -0.05) is 12.1 Å². The number of fused-ring (bicyclic) bond motifs is 1. The molecule has 2 heterocycles. The van der Waals surface area contributed by atoms with Crippen molar-refractivity contribution in [2.45, 2.75) is 43.9 Å². The van der Waals surface area contributed by atoms with Gasteiger partial charge in [-0.2, -0.15) is 0 Å². The molecule has 1 aromatic rings. The van der Waals surface area contributed by atoms with Gasteiger partial charge in [0.2, 0.25) is 10.0 Å². The molecule has 2 aliphatic rings. The van der Waals surface area contributed by atoms with Crippen molar-refractivity contribution in [2.75, 3.05) is 23.3 Å². The van der Waals surface area contributed by atoms with Crippen LogP contribution in [0.4, 0.5) is 11.4 Å². The SMILES string of the molecule is CC1CCc2cccc(NS(=O)(=O)C3CCOCC3)c2N1. The minimum Gasteiger partial charge on any atom is -0.381 e. The Balaban J connectivity index is 1.84. The third-order valence-corrected chi connectivity index (χ3v) is 6.10. The maximum absolute atomic E-state index is 12.5. The van der Waals surface area contributed by atoms with Crippen LogP contribution in [0.2, 0.25) is 0 Å². The number of ether oxygens (including phenoxy) is 1. The summed E-state index contributed by atoms with van der Waals surface area (Å²) in [4.78, 5) is 0. The summed E-state index contributed by atoms with van der Waals surface area (Å²) in [7, 11) is -3.36. The summed E-state index contributed by atoms with van der Waals surface area (Å²) in [5.41, 5.74) is 2.79. The third kappa shape index (κ3) is 3.16. The molecule has 0 radical (unpaired) electrons. The Bertz CT molecular complexity index is 609. The van der Waals surface area contributed by atoms with Crippen molar-refractivity contribution in [3.8, 4) is 0 Å². The van der Waals surface area contributed by atoms with Gasteiger partial charge in [-0.05, 0) is 44.2 Å². The van der Waals surface area contributed by atoms with Gasteiger partial charge in [0.05, 0.1) is 16.6 Å². The van der Waals surface area contributed by atoms with Crippen LogP contribution in [-0.2, 0) is 21.2 Å². The first kappa shape index (κ1) is 14.7. The molecule has 0 spiro atoms. The minimum atomic E-state index is -3.36. The van der Waals surface area contributed by atoms with E-state index in [1.165, 1.54) is 5.56 Å². The first-order valence-corrected chi connectivity index (χ1v) is 9.09. The van der Waals surface area contributed by atoms with E-state index >= 15 is 0 Å². The van der Waals surface area contributed by atoms with Gasteiger partial charge in [0.25, 0.3) is 0 Å². The first-order valence-electron chi connectivity index (χ1n) is 7.54. The monoisotopic (exact) mass is 310 g/mol. The number of hydrogen-bond donors (Lipinski definition) is 2. The lowest BCUT2D eigenvalue weighted by Crippen LogP contribution is -2.34. The molecule has 0 amide bonds. The van der Waals surface area contributed by atoms with Gasteiger partial charge < -0.3 is 10.1 Å². The van der Waals surface area contributed by atoms with Crippen LogP contribution in [0, 0.1) is 0 Å². The molecule has 1 saturated heterocycles. The number of benzene rings is 1. The normalized spacial score (nSPS) is 23.2. The molecular weight excluding hydrogens is 288 g/mol. The van der Waals surface area contributed by atoms with E-state index in [0.29, 0.717) is 37.8 Å². The summed E-state index contributed by atoms with van der Waals surface area (Å²) in [6.45, 7) is 3.16. The zero-order valence-electron chi connectivity index (χ0n) is 12.3. The van der Waals surface area contributed by atoms with Crippen LogP contribution in [0.5, 0.6) is 0 Å². The summed E-state index contributed by atoms with van der Waals surface area (Å²) in [5, 5.41) is 3.04. The van der Waals surface area contributed by atoms with Crippen LogP contribution in [-0.4, -0.2) is 32.9 Å². The van der Waals surface area contributed by atoms with Crippen LogP contribution in [0.15, 0.2) is 18.2 Å². The Morgan fingerprint density at radius 1 is 1.24 bits per heavy atom. The Kier molecular flexibility index (Phi) is 4.08. The second-order valence-electron chi connectivity index (χ2n) is 5.88. The van der Waals surface area contributed by atoms with Gasteiger partial charge in [0.1, 0.15) is 0 Å². The van der Waals surface area contributed by atoms with Gasteiger partial charge in [0, 0.05) is 19.3 Å². The van der Waals surface area contributed by atoms with Crippen molar-refractivity contribution in [3.63, 3.8) is 0 Å². The van der Waals surface area contributed by atoms with Crippen LogP contribution >= 0.6 is 0 Å². The molecule has 1 unspecified atom stereocenters. The van der Waals surface area contributed by atoms with Crippen LogP contribution < -0.4 is 10.0 Å². The van der Waals surface area contributed by atoms with E-state index in [4.69, 9.17) is 4.74 Å². The standard InChI is InChI=1S/C15H22N2O3S/c1-11-5-6-12-3-2-4-14(15(12)16-11)17-21(18,19)13-7-9-20-10-8-13/h2-4,11,13,16-17H,5-10H2,1H3. The second-order valence-corrected chi connectivity index (χ2v) is 7.84. The van der Waals surface area contributed by atoms with Gasteiger partial charge in [-0.15, -0.1) is 0 Å². The number of nitrogens with one attached hydrogen (secondary N) is 2. The first-order chi connectivity index (χ1) is 10.1. The molecular formula is C15H22N2O3S. The Labute approximate surface area is 126 Å². The number of sulfonamides is 1. The lowest BCUT2D eigenvalue weighted by atomic mass is 9.98. The third-order valence-electron chi connectivity index (χ3n) is 4.25. The Morgan fingerprint density at radius 3 is 2.76 bits per heavy atom. The molecule has 1 atom stereocenters. The van der Waals surface area contributed by atoms with Crippen LogP contribution in [0.25, 0.3) is 0 Å². The molecule has 116 valence electrons. The van der Waals surface area contributed by atoms with Gasteiger partial charge in [-0.25, -0.2) is 8.42 Å². The molecule has 0 aromatic heterocycles. The molecule has 0 saturated carbocycles. The van der Waals surface area contributed by atoms with Gasteiger partial charge >= 0.3 is 0 Å². The second kappa shape index (κ2) is 5.85. The van der Waals surface area contributed by atoms with Gasteiger partial charge in [-0.3, -0.25) is 4.72 Å². The quantitative estimate of drug-likeness (QED) is 0.899. The molecule has 1 fully saturated rings. The van der Waals surface area contributed by atoms with Crippen LogP contribution in [0.3, 0.4) is 0 Å². The zero-order valence-corrected chi connectivity index (χ0v) is 13.1. The summed E-state index contributed by atoms with van der Waals surface area (Å²) in [6, 6.07) is 6.17. The van der Waals surface area contributed by atoms with E-state index in [1.54, 1.807) is 0 Å². The largest absolute Gasteiger partial charge is 0.381 e. The summed E-state index contributed by atoms with van der Waals surface area (Å²) < 4.78 is 33.1. The molecule has 2 N–H and O–H groups in total. The average molecular weight is 310 g/mol. The molecule has 5 nitrogen and oxygen atoms in total. The molecule has 1 aromatic carbocycles. The molecule has 6 heteroatoms. The number of rotatable bonds is 3. The minimum absolute atomic E-state index is 0.358. The summed E-state index contributed by atoms with van der Waals surface area (Å²) >= 11 is 0. The smallest absolute Gasteiger partial charge is 0.235 e. The van der Waals surface area contributed by atoms with Crippen molar-refractivity contribution >= 4 is 21.4 Å². The van der Waals surface area contributed by atoms with Crippen molar-refractivity contribution < 1.29 is 13.2 Å². The van der Waals surface area contributed by atoms with Crippen molar-refractivity contribution in [3.05, 3.63) is 23.8 Å². The van der Waals surface area contributed by atoms with E-state index < -0.39 is 10.0 Å². The molecule has 21 heavy (non-hydrogen) atoms.